The molecule has 0 spiro atoms. The maximum atomic E-state index is 6.53. The van der Waals surface area contributed by atoms with Crippen LogP contribution in [-0.4, -0.2) is 0 Å². The standard InChI is InChI=1S/C62H55NOS/c1-59(2,3)37-33-47-45-31-32-49-54(58(45)65-57(47)51(34-37)60(4,5)6)46-21-16-23-52(55(46)62(49,9)10)63(39-29-30-42-41-17-11-13-22-48(41)61(7,8)50(42)35-39)38-27-25-36(26-28-38)40-19-15-20-44-43-18-12-14-24-53(43)64-56(40)44/h11-35H,1-10H3. The summed E-state index contributed by atoms with van der Waals surface area (Å²) in [7, 11) is 0. The number of anilines is 3. The van der Waals surface area contributed by atoms with E-state index in [1.165, 1.54) is 81.5 Å². The highest BCUT2D eigenvalue weighted by atomic mass is 32.1. The van der Waals surface area contributed by atoms with Gasteiger partial charge in [0.25, 0.3) is 0 Å². The highest BCUT2D eigenvalue weighted by Crippen LogP contribution is 2.59. The quantitative estimate of drug-likeness (QED) is 0.175. The first kappa shape index (κ1) is 40.1. The molecule has 0 saturated carbocycles. The molecule has 2 nitrogen and oxygen atoms in total. The number of hydrogen-bond donors (Lipinski definition) is 0. The van der Waals surface area contributed by atoms with Gasteiger partial charge in [0.2, 0.25) is 0 Å². The Morgan fingerprint density at radius 1 is 0.477 bits per heavy atom. The van der Waals surface area contributed by atoms with Crippen LogP contribution in [0.15, 0.2) is 156 Å². The molecule has 0 unspecified atom stereocenters. The molecule has 0 aliphatic heterocycles. The summed E-state index contributed by atoms with van der Waals surface area (Å²) in [6.07, 6.45) is 0. The number of nitrogens with zero attached hydrogens (tertiary/aromatic N) is 1. The zero-order valence-electron chi connectivity index (χ0n) is 39.2. The van der Waals surface area contributed by atoms with Crippen LogP contribution in [0.1, 0.15) is 103 Å². The monoisotopic (exact) mass is 861 g/mol. The van der Waals surface area contributed by atoms with Crippen LogP contribution in [0.3, 0.4) is 0 Å². The first-order valence-corrected chi connectivity index (χ1v) is 24.1. The summed E-state index contributed by atoms with van der Waals surface area (Å²) < 4.78 is 9.34. The van der Waals surface area contributed by atoms with Crippen LogP contribution in [0.5, 0.6) is 0 Å². The summed E-state index contributed by atoms with van der Waals surface area (Å²) >= 11 is 2.00. The van der Waals surface area contributed by atoms with E-state index in [2.05, 4.69) is 220 Å². The Labute approximate surface area is 387 Å². The van der Waals surface area contributed by atoms with Crippen LogP contribution in [-0.2, 0) is 21.7 Å². The van der Waals surface area contributed by atoms with Crippen molar-refractivity contribution < 1.29 is 4.42 Å². The number of furan rings is 1. The van der Waals surface area contributed by atoms with Gasteiger partial charge in [-0.1, -0.05) is 178 Å². The summed E-state index contributed by atoms with van der Waals surface area (Å²) in [6.45, 7) is 23.8. The average Bonchev–Trinajstić information content (AvgIpc) is 3.99. The second kappa shape index (κ2) is 13.6. The minimum atomic E-state index is -0.267. The van der Waals surface area contributed by atoms with Crippen molar-refractivity contribution in [2.24, 2.45) is 0 Å². The highest BCUT2D eigenvalue weighted by Gasteiger charge is 2.42. The fraction of sp³-hybridized carbons (Fsp3) is 0.226. The zero-order chi connectivity index (χ0) is 44.9. The Kier molecular flexibility index (Phi) is 8.37. The molecule has 8 aromatic carbocycles. The molecule has 0 atom stereocenters. The second-order valence-electron chi connectivity index (χ2n) is 21.8. The van der Waals surface area contributed by atoms with Crippen LogP contribution in [0.2, 0.25) is 0 Å². The molecule has 0 saturated heterocycles. The molecule has 3 heteroatoms. The van der Waals surface area contributed by atoms with Crippen molar-refractivity contribution >= 4 is 70.5 Å². The van der Waals surface area contributed by atoms with Gasteiger partial charge < -0.3 is 9.32 Å². The maximum Gasteiger partial charge on any atom is 0.143 e. The van der Waals surface area contributed by atoms with Gasteiger partial charge in [-0.3, -0.25) is 0 Å². The smallest absolute Gasteiger partial charge is 0.143 e. The molecule has 65 heavy (non-hydrogen) atoms. The minimum Gasteiger partial charge on any atom is -0.455 e. The summed E-state index contributed by atoms with van der Waals surface area (Å²) in [5.41, 5.74) is 20.9. The van der Waals surface area contributed by atoms with Gasteiger partial charge in [-0.15, -0.1) is 11.3 Å². The number of benzene rings is 8. The van der Waals surface area contributed by atoms with Gasteiger partial charge in [-0.25, -0.2) is 0 Å². The molecule has 2 aromatic heterocycles. The van der Waals surface area contributed by atoms with Crippen LogP contribution < -0.4 is 4.90 Å². The molecular weight excluding hydrogens is 807 g/mol. The normalized spacial score (nSPS) is 14.9. The number of para-hydroxylation sites is 2. The van der Waals surface area contributed by atoms with Crippen molar-refractivity contribution in [1.82, 2.24) is 0 Å². The molecule has 0 amide bonds. The minimum absolute atomic E-state index is 0.00826. The lowest BCUT2D eigenvalue weighted by atomic mass is 9.79. The molecule has 320 valence electrons. The van der Waals surface area contributed by atoms with Gasteiger partial charge in [0.1, 0.15) is 11.2 Å². The summed E-state index contributed by atoms with van der Waals surface area (Å²) in [5, 5.41) is 5.04. The highest BCUT2D eigenvalue weighted by molar-refractivity contribution is 7.26. The molecule has 0 radical (unpaired) electrons. The lowest BCUT2D eigenvalue weighted by Crippen LogP contribution is -2.21. The van der Waals surface area contributed by atoms with Crippen molar-refractivity contribution in [3.05, 3.63) is 185 Å². The van der Waals surface area contributed by atoms with Crippen molar-refractivity contribution in [3.63, 3.8) is 0 Å². The lowest BCUT2D eigenvalue weighted by Gasteiger charge is -2.33. The van der Waals surface area contributed by atoms with E-state index < -0.39 is 0 Å². The summed E-state index contributed by atoms with van der Waals surface area (Å²) in [4.78, 5) is 2.53. The van der Waals surface area contributed by atoms with Gasteiger partial charge in [-0.05, 0) is 109 Å². The maximum absolute atomic E-state index is 6.53. The summed E-state index contributed by atoms with van der Waals surface area (Å²) in [5.74, 6) is 0. The van der Waals surface area contributed by atoms with Crippen LogP contribution in [0.25, 0.3) is 75.5 Å². The number of fused-ring (bicyclic) bond motifs is 13. The predicted octanol–water partition coefficient (Wildman–Crippen LogP) is 18.3. The zero-order valence-corrected chi connectivity index (χ0v) is 40.0. The van der Waals surface area contributed by atoms with E-state index in [1.807, 2.05) is 17.4 Å². The fourth-order valence-electron chi connectivity index (χ4n) is 11.5. The van der Waals surface area contributed by atoms with E-state index in [9.17, 15) is 0 Å². The van der Waals surface area contributed by atoms with Gasteiger partial charge >= 0.3 is 0 Å². The molecule has 2 aliphatic carbocycles. The third-order valence-electron chi connectivity index (χ3n) is 14.9. The first-order chi connectivity index (χ1) is 31.0. The molecule has 0 N–H and O–H groups in total. The topological polar surface area (TPSA) is 16.4 Å². The molecule has 12 rings (SSSR count). The fourth-order valence-corrected chi connectivity index (χ4v) is 13.0. The molecular formula is C62H55NOS. The average molecular weight is 862 g/mol. The first-order valence-electron chi connectivity index (χ1n) is 23.3. The van der Waals surface area contributed by atoms with E-state index in [1.54, 1.807) is 0 Å². The Morgan fingerprint density at radius 2 is 1.15 bits per heavy atom. The Morgan fingerprint density at radius 3 is 1.94 bits per heavy atom. The Hall–Kier alpha value is -6.42. The second-order valence-corrected chi connectivity index (χ2v) is 22.8. The van der Waals surface area contributed by atoms with Gasteiger partial charge in [0.15, 0.2) is 0 Å². The van der Waals surface area contributed by atoms with Crippen LogP contribution >= 0.6 is 11.3 Å². The van der Waals surface area contributed by atoms with Crippen LogP contribution in [0.4, 0.5) is 17.1 Å². The largest absolute Gasteiger partial charge is 0.455 e. The SMILES string of the molecule is CC(C)(C)c1cc(C(C)(C)C)c2sc3c4c(ccc3c2c1)C(C)(C)c1c-4cccc1N(c1ccc(-c2cccc3c2oc2ccccc23)cc1)c1ccc2c(c1)C(C)(C)c1ccccc1-2. The molecule has 10 aromatic rings. The van der Waals surface area contributed by atoms with E-state index in [-0.39, 0.29) is 21.7 Å². The summed E-state index contributed by atoms with van der Waals surface area (Å²) in [6, 6.07) is 57.0. The van der Waals surface area contributed by atoms with Gasteiger partial charge in [0.05, 0.1) is 5.69 Å². The number of rotatable bonds is 4. The molecule has 2 heterocycles. The predicted molar refractivity (Wildman–Crippen MR) is 279 cm³/mol. The molecule has 0 fully saturated rings. The lowest BCUT2D eigenvalue weighted by molar-refractivity contribution is 0.573. The Balaban J connectivity index is 1.08. The van der Waals surface area contributed by atoms with Crippen molar-refractivity contribution in [2.45, 2.75) is 90.9 Å². The van der Waals surface area contributed by atoms with Gasteiger partial charge in [0, 0.05) is 64.3 Å². The third kappa shape index (κ3) is 5.77. The molecule has 2 aliphatic rings. The number of hydrogen-bond acceptors (Lipinski definition) is 3. The van der Waals surface area contributed by atoms with Crippen molar-refractivity contribution in [1.29, 1.82) is 0 Å². The Bertz CT molecular complexity index is 3620. The third-order valence-corrected chi connectivity index (χ3v) is 16.2. The van der Waals surface area contributed by atoms with E-state index in [0.29, 0.717) is 0 Å². The molecule has 0 bridgehead atoms. The van der Waals surface area contributed by atoms with E-state index >= 15 is 0 Å². The van der Waals surface area contributed by atoms with E-state index in [0.717, 1.165) is 44.4 Å². The van der Waals surface area contributed by atoms with Gasteiger partial charge in [-0.2, -0.15) is 0 Å². The van der Waals surface area contributed by atoms with Crippen molar-refractivity contribution in [3.8, 4) is 33.4 Å². The number of thiophene rings is 1. The van der Waals surface area contributed by atoms with E-state index in [4.69, 9.17) is 4.42 Å². The van der Waals surface area contributed by atoms with Crippen molar-refractivity contribution in [2.75, 3.05) is 4.90 Å². The van der Waals surface area contributed by atoms with Crippen LogP contribution in [0, 0.1) is 0 Å².